The Bertz CT molecular complexity index is 2380. The first-order valence-electron chi connectivity index (χ1n) is 17.3. The van der Waals surface area contributed by atoms with E-state index >= 15 is 0 Å². The minimum absolute atomic E-state index is 0.342. The normalized spacial score (nSPS) is 14.6. The van der Waals surface area contributed by atoms with Crippen LogP contribution in [-0.4, -0.2) is 0 Å². The molecule has 3 aliphatic carbocycles. The molecule has 0 atom stereocenters. The Hall–Kier alpha value is -6.36. The van der Waals surface area contributed by atoms with Crippen molar-refractivity contribution in [3.8, 4) is 34.6 Å². The predicted octanol–water partition coefficient (Wildman–Crippen LogP) is 12.0. The highest BCUT2D eigenvalue weighted by atomic mass is 15.1. The number of rotatable bonds is 7. The monoisotopic (exact) mass is 637 g/mol. The Morgan fingerprint density at radius 1 is 0.620 bits per heavy atom. The van der Waals surface area contributed by atoms with Gasteiger partial charge in [0.1, 0.15) is 0 Å². The minimum atomic E-state index is -0.342. The first-order chi connectivity index (χ1) is 24.8. The zero-order valence-corrected chi connectivity index (χ0v) is 27.8. The number of benzene rings is 6. The lowest BCUT2D eigenvalue weighted by Crippen LogP contribution is -2.25. The SMILES string of the molecule is C#C/C(=C\C=C/Cc1ccc(N(c2ccccc2)c2ccc3c(c2)-c2ccccc2C32c3ccccc3-c3ccccc32)cc1)C1=CC=CC1. The minimum Gasteiger partial charge on any atom is -0.310 e. The van der Waals surface area contributed by atoms with Crippen LogP contribution in [0.4, 0.5) is 17.1 Å². The van der Waals surface area contributed by atoms with Gasteiger partial charge in [-0.3, -0.25) is 0 Å². The molecule has 9 rings (SSSR count). The molecule has 1 nitrogen and oxygen atoms in total. The molecule has 50 heavy (non-hydrogen) atoms. The third kappa shape index (κ3) is 4.65. The maximum absolute atomic E-state index is 5.78. The number of hydrogen-bond donors (Lipinski definition) is 0. The van der Waals surface area contributed by atoms with Crippen LogP contribution in [-0.2, 0) is 11.8 Å². The predicted molar refractivity (Wildman–Crippen MR) is 209 cm³/mol. The van der Waals surface area contributed by atoms with E-state index in [2.05, 4.69) is 187 Å². The van der Waals surface area contributed by atoms with Crippen LogP contribution in [0.15, 0.2) is 193 Å². The number of anilines is 3. The van der Waals surface area contributed by atoms with Crippen molar-refractivity contribution in [2.75, 3.05) is 4.90 Å². The van der Waals surface area contributed by atoms with Crippen LogP contribution < -0.4 is 4.90 Å². The van der Waals surface area contributed by atoms with Crippen LogP contribution in [0, 0.1) is 12.3 Å². The van der Waals surface area contributed by atoms with Gasteiger partial charge in [0.05, 0.1) is 5.41 Å². The van der Waals surface area contributed by atoms with Crippen molar-refractivity contribution in [3.63, 3.8) is 0 Å². The van der Waals surface area contributed by atoms with Crippen LogP contribution in [0.3, 0.4) is 0 Å². The zero-order chi connectivity index (χ0) is 33.5. The van der Waals surface area contributed by atoms with Crippen molar-refractivity contribution < 1.29 is 0 Å². The number of hydrogen-bond acceptors (Lipinski definition) is 1. The highest BCUT2D eigenvalue weighted by Crippen LogP contribution is 2.63. The van der Waals surface area contributed by atoms with Crippen LogP contribution in [0.1, 0.15) is 34.2 Å². The zero-order valence-electron chi connectivity index (χ0n) is 27.8. The molecule has 0 aliphatic heterocycles. The summed E-state index contributed by atoms with van der Waals surface area (Å²) in [6.07, 6.45) is 20.1. The molecule has 0 fully saturated rings. The highest BCUT2D eigenvalue weighted by Gasteiger charge is 2.51. The van der Waals surface area contributed by atoms with E-state index in [1.807, 2.05) is 6.08 Å². The third-order valence-electron chi connectivity index (χ3n) is 10.5. The number of para-hydroxylation sites is 1. The standard InChI is InChI=1S/C49H35N/c1-2-36(37-18-8-9-19-37)17-7-6-16-35-28-30-39(31-29-35)50(38-20-4-3-5-21-38)40-32-33-48-44(34-40)43-24-12-15-27-47(43)49(48)45-25-13-10-22-41(45)42-23-11-14-26-46(42)49/h1,3-15,17-18,20-34H,16,19H2/b7-6-,36-17+. The van der Waals surface area contributed by atoms with E-state index in [9.17, 15) is 0 Å². The molecule has 0 aromatic heterocycles. The lowest BCUT2D eigenvalue weighted by Gasteiger charge is -2.31. The molecule has 0 saturated heterocycles. The van der Waals surface area contributed by atoms with Gasteiger partial charge in [-0.1, -0.05) is 145 Å². The summed E-state index contributed by atoms with van der Waals surface area (Å²) in [5, 5.41) is 0. The van der Waals surface area contributed by atoms with Crippen molar-refractivity contribution in [1.29, 1.82) is 0 Å². The molecule has 0 heterocycles. The lowest BCUT2D eigenvalue weighted by molar-refractivity contribution is 0.794. The van der Waals surface area contributed by atoms with Crippen LogP contribution >= 0.6 is 0 Å². The van der Waals surface area contributed by atoms with Crippen molar-refractivity contribution in [2.24, 2.45) is 0 Å². The summed E-state index contributed by atoms with van der Waals surface area (Å²) in [7, 11) is 0. The van der Waals surface area contributed by atoms with Gasteiger partial charge in [0.2, 0.25) is 0 Å². The molecule has 0 unspecified atom stereocenters. The highest BCUT2D eigenvalue weighted by molar-refractivity contribution is 5.96. The average molecular weight is 638 g/mol. The number of terminal acetylenes is 1. The van der Waals surface area contributed by atoms with E-state index in [0.717, 1.165) is 35.5 Å². The Morgan fingerprint density at radius 3 is 1.80 bits per heavy atom. The topological polar surface area (TPSA) is 3.24 Å². The van der Waals surface area contributed by atoms with Gasteiger partial charge >= 0.3 is 0 Å². The van der Waals surface area contributed by atoms with E-state index < -0.39 is 0 Å². The van der Waals surface area contributed by atoms with E-state index in [-0.39, 0.29) is 5.41 Å². The van der Waals surface area contributed by atoms with Gasteiger partial charge < -0.3 is 4.90 Å². The fourth-order valence-corrected chi connectivity index (χ4v) is 8.30. The van der Waals surface area contributed by atoms with Crippen LogP contribution in [0.2, 0.25) is 0 Å². The van der Waals surface area contributed by atoms with Crippen LogP contribution in [0.25, 0.3) is 22.3 Å². The Morgan fingerprint density at radius 2 is 1.18 bits per heavy atom. The second-order valence-corrected chi connectivity index (χ2v) is 13.1. The Kier molecular flexibility index (Phi) is 7.30. The van der Waals surface area contributed by atoms with Crippen molar-refractivity contribution in [1.82, 2.24) is 0 Å². The fraction of sp³-hybridized carbons (Fsp3) is 0.0612. The Labute approximate surface area is 294 Å². The molecule has 1 spiro atoms. The molecule has 0 N–H and O–H groups in total. The van der Waals surface area contributed by atoms with Crippen LogP contribution in [0.5, 0.6) is 0 Å². The Balaban J connectivity index is 1.11. The van der Waals surface area contributed by atoms with Crippen molar-refractivity contribution in [2.45, 2.75) is 18.3 Å². The summed E-state index contributed by atoms with van der Waals surface area (Å²) in [4.78, 5) is 2.37. The molecule has 0 amide bonds. The fourth-order valence-electron chi connectivity index (χ4n) is 8.30. The van der Waals surface area contributed by atoms with Gasteiger partial charge in [-0.2, -0.15) is 0 Å². The van der Waals surface area contributed by atoms with Gasteiger partial charge in [0, 0.05) is 22.6 Å². The summed E-state index contributed by atoms with van der Waals surface area (Å²) >= 11 is 0. The molecule has 1 heteroatoms. The van der Waals surface area contributed by atoms with E-state index in [0.29, 0.717) is 0 Å². The summed E-state index contributed by atoms with van der Waals surface area (Å²) in [6, 6.07) is 53.7. The maximum Gasteiger partial charge on any atom is 0.0725 e. The summed E-state index contributed by atoms with van der Waals surface area (Å²) in [6.45, 7) is 0. The third-order valence-corrected chi connectivity index (χ3v) is 10.5. The molecule has 236 valence electrons. The van der Waals surface area contributed by atoms with Gasteiger partial charge in [-0.05, 0) is 111 Å². The summed E-state index contributed by atoms with van der Waals surface area (Å²) in [5.41, 5.74) is 17.1. The van der Waals surface area contributed by atoms with E-state index in [4.69, 9.17) is 6.42 Å². The molecular formula is C49H35N. The second-order valence-electron chi connectivity index (χ2n) is 13.1. The average Bonchev–Trinajstić information content (AvgIpc) is 3.89. The summed E-state index contributed by atoms with van der Waals surface area (Å²) in [5.74, 6) is 2.83. The molecule has 0 saturated carbocycles. The molecular weight excluding hydrogens is 603 g/mol. The maximum atomic E-state index is 5.78. The van der Waals surface area contributed by atoms with Crippen molar-refractivity contribution >= 4 is 17.1 Å². The number of fused-ring (bicyclic) bond motifs is 10. The molecule has 0 radical (unpaired) electrons. The number of nitrogens with zero attached hydrogens (tertiary/aromatic N) is 1. The largest absolute Gasteiger partial charge is 0.310 e. The summed E-state index contributed by atoms with van der Waals surface area (Å²) < 4.78 is 0. The smallest absolute Gasteiger partial charge is 0.0725 e. The van der Waals surface area contributed by atoms with E-state index in [1.165, 1.54) is 55.6 Å². The molecule has 6 aromatic rings. The van der Waals surface area contributed by atoms with Crippen molar-refractivity contribution in [3.05, 3.63) is 221 Å². The van der Waals surface area contributed by atoms with Gasteiger partial charge in [-0.15, -0.1) is 6.42 Å². The molecule has 3 aliphatic rings. The quantitative estimate of drug-likeness (QED) is 0.124. The van der Waals surface area contributed by atoms with Gasteiger partial charge in [0.15, 0.2) is 0 Å². The lowest BCUT2D eigenvalue weighted by atomic mass is 9.70. The molecule has 6 aromatic carbocycles. The van der Waals surface area contributed by atoms with Gasteiger partial charge in [-0.25, -0.2) is 0 Å². The second kappa shape index (κ2) is 12.3. The first-order valence-corrected chi connectivity index (χ1v) is 17.3. The number of allylic oxidation sites excluding steroid dienone is 8. The first kappa shape index (κ1) is 29.8. The van der Waals surface area contributed by atoms with Gasteiger partial charge in [0.25, 0.3) is 0 Å². The molecule has 0 bridgehead atoms. The van der Waals surface area contributed by atoms with E-state index in [1.54, 1.807) is 0 Å².